The minimum Gasteiger partial charge on any atom is -0.496 e. The minimum absolute atomic E-state index is 0.0146. The summed E-state index contributed by atoms with van der Waals surface area (Å²) in [5, 5.41) is 2.71. The van der Waals surface area contributed by atoms with Crippen molar-refractivity contribution in [1.82, 2.24) is 10.2 Å². The molecule has 0 aromatic heterocycles. The van der Waals surface area contributed by atoms with Gasteiger partial charge in [0.05, 0.1) is 13.7 Å². The standard InChI is InChI=1S/C14H18N2O3/c1-19-12-5-3-2-4-11(12)6-7-14(18)16-9-8-15-13(17)10-16/h2-5H,6-10H2,1H3,(H,15,17). The van der Waals surface area contributed by atoms with Crippen LogP contribution in [0.25, 0.3) is 0 Å². The number of piperazine rings is 1. The van der Waals surface area contributed by atoms with Crippen molar-refractivity contribution in [3.63, 3.8) is 0 Å². The Hall–Kier alpha value is -2.04. The van der Waals surface area contributed by atoms with Gasteiger partial charge < -0.3 is 15.0 Å². The lowest BCUT2D eigenvalue weighted by Gasteiger charge is -2.26. The van der Waals surface area contributed by atoms with Crippen LogP contribution in [-0.2, 0) is 16.0 Å². The van der Waals surface area contributed by atoms with Gasteiger partial charge in [0, 0.05) is 19.5 Å². The fraction of sp³-hybridized carbons (Fsp3) is 0.429. The Labute approximate surface area is 112 Å². The highest BCUT2D eigenvalue weighted by molar-refractivity contribution is 5.86. The third-order valence-corrected chi connectivity index (χ3v) is 3.19. The van der Waals surface area contributed by atoms with Crippen LogP contribution in [0, 0.1) is 0 Å². The van der Waals surface area contributed by atoms with E-state index in [9.17, 15) is 9.59 Å². The van der Waals surface area contributed by atoms with Crippen molar-refractivity contribution >= 4 is 11.8 Å². The van der Waals surface area contributed by atoms with E-state index >= 15 is 0 Å². The molecule has 1 N–H and O–H groups in total. The maximum Gasteiger partial charge on any atom is 0.239 e. The van der Waals surface area contributed by atoms with Crippen molar-refractivity contribution in [1.29, 1.82) is 0 Å². The van der Waals surface area contributed by atoms with E-state index in [2.05, 4.69) is 5.32 Å². The average Bonchev–Trinajstić information content (AvgIpc) is 2.45. The van der Waals surface area contributed by atoms with Gasteiger partial charge in [-0.3, -0.25) is 9.59 Å². The maximum atomic E-state index is 12.0. The van der Waals surface area contributed by atoms with Gasteiger partial charge in [-0.15, -0.1) is 0 Å². The number of hydrogen-bond donors (Lipinski definition) is 1. The average molecular weight is 262 g/mol. The summed E-state index contributed by atoms with van der Waals surface area (Å²) in [5.41, 5.74) is 1.01. The van der Waals surface area contributed by atoms with Crippen LogP contribution in [0.1, 0.15) is 12.0 Å². The van der Waals surface area contributed by atoms with E-state index in [1.165, 1.54) is 0 Å². The Bertz CT molecular complexity index is 474. The van der Waals surface area contributed by atoms with Crippen LogP contribution in [-0.4, -0.2) is 43.5 Å². The molecule has 1 aromatic carbocycles. The third kappa shape index (κ3) is 3.47. The summed E-state index contributed by atoms with van der Waals surface area (Å²) >= 11 is 0. The number of benzene rings is 1. The van der Waals surface area contributed by atoms with Gasteiger partial charge in [0.2, 0.25) is 11.8 Å². The number of ether oxygens (including phenoxy) is 1. The molecule has 5 heteroatoms. The van der Waals surface area contributed by atoms with Gasteiger partial charge in [0.25, 0.3) is 0 Å². The first-order chi connectivity index (χ1) is 9.20. The normalized spacial score (nSPS) is 15.0. The van der Waals surface area contributed by atoms with Crippen LogP contribution < -0.4 is 10.1 Å². The molecular formula is C14H18N2O3. The van der Waals surface area contributed by atoms with Gasteiger partial charge in [-0.05, 0) is 18.1 Å². The van der Waals surface area contributed by atoms with Gasteiger partial charge >= 0.3 is 0 Å². The molecule has 102 valence electrons. The topological polar surface area (TPSA) is 58.6 Å². The third-order valence-electron chi connectivity index (χ3n) is 3.19. The zero-order chi connectivity index (χ0) is 13.7. The fourth-order valence-electron chi connectivity index (χ4n) is 2.16. The number of nitrogens with zero attached hydrogens (tertiary/aromatic N) is 1. The Kier molecular flexibility index (Phi) is 4.39. The predicted molar refractivity (Wildman–Crippen MR) is 70.9 cm³/mol. The summed E-state index contributed by atoms with van der Waals surface area (Å²) in [6, 6.07) is 7.67. The molecule has 1 heterocycles. The molecule has 0 bridgehead atoms. The summed E-state index contributed by atoms with van der Waals surface area (Å²) in [4.78, 5) is 24.9. The van der Waals surface area contributed by atoms with Crippen LogP contribution >= 0.6 is 0 Å². The van der Waals surface area contributed by atoms with E-state index in [4.69, 9.17) is 4.74 Å². The molecule has 5 nitrogen and oxygen atoms in total. The van der Waals surface area contributed by atoms with Crippen molar-refractivity contribution in [2.75, 3.05) is 26.7 Å². The molecule has 2 rings (SSSR count). The highest BCUT2D eigenvalue weighted by Crippen LogP contribution is 2.19. The van der Waals surface area contributed by atoms with E-state index < -0.39 is 0 Å². The molecule has 0 atom stereocenters. The van der Waals surface area contributed by atoms with Crippen LogP contribution in [0.2, 0.25) is 0 Å². The number of carbonyl (C=O) groups excluding carboxylic acids is 2. The van der Waals surface area contributed by atoms with Gasteiger partial charge in [-0.1, -0.05) is 18.2 Å². The molecule has 19 heavy (non-hydrogen) atoms. The number of hydrogen-bond acceptors (Lipinski definition) is 3. The zero-order valence-electron chi connectivity index (χ0n) is 11.0. The second-order valence-electron chi connectivity index (χ2n) is 4.48. The molecule has 1 fully saturated rings. The molecule has 0 radical (unpaired) electrons. The van der Waals surface area contributed by atoms with Crippen LogP contribution in [0.4, 0.5) is 0 Å². The van der Waals surface area contributed by atoms with E-state index in [1.54, 1.807) is 12.0 Å². The first kappa shape index (κ1) is 13.4. The lowest BCUT2D eigenvalue weighted by molar-refractivity contribution is -0.138. The quantitative estimate of drug-likeness (QED) is 0.864. The van der Waals surface area contributed by atoms with Crippen molar-refractivity contribution in [2.24, 2.45) is 0 Å². The van der Waals surface area contributed by atoms with Crippen LogP contribution in [0.15, 0.2) is 24.3 Å². The van der Waals surface area contributed by atoms with Gasteiger partial charge in [-0.2, -0.15) is 0 Å². The number of para-hydroxylation sites is 1. The van der Waals surface area contributed by atoms with E-state index in [-0.39, 0.29) is 18.4 Å². The largest absolute Gasteiger partial charge is 0.496 e. The summed E-state index contributed by atoms with van der Waals surface area (Å²) in [6.45, 7) is 1.31. The Morgan fingerprint density at radius 1 is 1.42 bits per heavy atom. The van der Waals surface area contributed by atoms with E-state index in [1.807, 2.05) is 24.3 Å². The number of methoxy groups -OCH3 is 1. The number of aryl methyl sites for hydroxylation is 1. The molecular weight excluding hydrogens is 244 g/mol. The summed E-state index contributed by atoms with van der Waals surface area (Å²) in [5.74, 6) is 0.726. The maximum absolute atomic E-state index is 12.0. The summed E-state index contributed by atoms with van der Waals surface area (Å²) in [7, 11) is 1.62. The smallest absolute Gasteiger partial charge is 0.239 e. The molecule has 1 aliphatic heterocycles. The monoisotopic (exact) mass is 262 g/mol. The van der Waals surface area contributed by atoms with Crippen molar-refractivity contribution in [3.05, 3.63) is 29.8 Å². The van der Waals surface area contributed by atoms with Crippen LogP contribution in [0.3, 0.4) is 0 Å². The van der Waals surface area contributed by atoms with E-state index in [0.717, 1.165) is 11.3 Å². The fourth-order valence-corrected chi connectivity index (χ4v) is 2.16. The molecule has 0 aliphatic carbocycles. The predicted octanol–water partition coefficient (Wildman–Crippen LogP) is 0.586. The summed E-state index contributed by atoms with van der Waals surface area (Å²) < 4.78 is 5.25. The molecule has 2 amide bonds. The SMILES string of the molecule is COc1ccccc1CCC(=O)N1CCNC(=O)C1. The number of carbonyl (C=O) groups is 2. The summed E-state index contributed by atoms with van der Waals surface area (Å²) in [6.07, 6.45) is 1.02. The Morgan fingerprint density at radius 3 is 2.95 bits per heavy atom. The highest BCUT2D eigenvalue weighted by Gasteiger charge is 2.20. The second-order valence-corrected chi connectivity index (χ2v) is 4.48. The number of nitrogens with one attached hydrogen (secondary N) is 1. The van der Waals surface area contributed by atoms with Gasteiger partial charge in [0.1, 0.15) is 5.75 Å². The Morgan fingerprint density at radius 2 is 2.21 bits per heavy atom. The first-order valence-electron chi connectivity index (χ1n) is 6.37. The first-order valence-corrected chi connectivity index (χ1v) is 6.37. The second kappa shape index (κ2) is 6.22. The molecule has 1 aliphatic rings. The minimum atomic E-state index is -0.0862. The molecule has 0 spiro atoms. The van der Waals surface area contributed by atoms with Gasteiger partial charge in [-0.25, -0.2) is 0 Å². The van der Waals surface area contributed by atoms with Crippen molar-refractivity contribution in [2.45, 2.75) is 12.8 Å². The lowest BCUT2D eigenvalue weighted by Crippen LogP contribution is -2.50. The molecule has 1 aromatic rings. The Balaban J connectivity index is 1.91. The van der Waals surface area contributed by atoms with Crippen LogP contribution in [0.5, 0.6) is 5.75 Å². The number of amides is 2. The molecule has 1 saturated heterocycles. The highest BCUT2D eigenvalue weighted by atomic mass is 16.5. The number of rotatable bonds is 4. The molecule has 0 saturated carbocycles. The van der Waals surface area contributed by atoms with Crippen molar-refractivity contribution < 1.29 is 14.3 Å². The zero-order valence-corrected chi connectivity index (χ0v) is 11.0. The lowest BCUT2D eigenvalue weighted by atomic mass is 10.1. The van der Waals surface area contributed by atoms with Crippen molar-refractivity contribution in [3.8, 4) is 5.75 Å². The molecule has 0 unspecified atom stereocenters. The van der Waals surface area contributed by atoms with Gasteiger partial charge in [0.15, 0.2) is 0 Å². The van der Waals surface area contributed by atoms with E-state index in [0.29, 0.717) is 25.9 Å².